The van der Waals surface area contributed by atoms with E-state index in [0.717, 1.165) is 0 Å². The molecule has 0 heteroatoms. The molecular weight excluding hydrogens is 204 g/mol. The Morgan fingerprint density at radius 1 is 1.06 bits per heavy atom. The average molecular weight is 222 g/mol. The van der Waals surface area contributed by atoms with Gasteiger partial charge in [-0.05, 0) is 40.3 Å². The zero-order valence-corrected chi connectivity index (χ0v) is 10.7. The lowest BCUT2D eigenvalue weighted by Crippen LogP contribution is -2.10. The molecule has 0 saturated heterocycles. The fourth-order valence-corrected chi connectivity index (χ4v) is 1.81. The van der Waals surface area contributed by atoms with Crippen molar-refractivity contribution in [2.45, 2.75) is 26.2 Å². The normalized spacial score (nSPS) is 14.6. The summed E-state index contributed by atoms with van der Waals surface area (Å²) in [5.74, 6) is 0. The molecule has 0 unspecified atom stereocenters. The van der Waals surface area contributed by atoms with Crippen molar-refractivity contribution in [1.29, 1.82) is 0 Å². The second kappa shape index (κ2) is 4.61. The second-order valence-electron chi connectivity index (χ2n) is 5.31. The molecule has 0 aliphatic heterocycles. The van der Waals surface area contributed by atoms with Crippen LogP contribution in [0.25, 0.3) is 5.57 Å². The van der Waals surface area contributed by atoms with Gasteiger partial charge in [-0.15, -0.1) is 5.73 Å². The van der Waals surface area contributed by atoms with Crippen LogP contribution in [-0.2, 0) is 5.41 Å². The van der Waals surface area contributed by atoms with Crippen LogP contribution in [0.3, 0.4) is 0 Å². The molecule has 0 radical (unpaired) electrons. The van der Waals surface area contributed by atoms with E-state index in [0.29, 0.717) is 0 Å². The van der Waals surface area contributed by atoms with Crippen LogP contribution >= 0.6 is 0 Å². The van der Waals surface area contributed by atoms with Crippen LogP contribution in [0.4, 0.5) is 0 Å². The Bertz CT molecular complexity index is 527. The SMILES string of the molecule is CC(C)(C)c1cccc(C2=CC=C=CC=C2)c1. The predicted molar refractivity (Wildman–Crippen MR) is 74.9 cm³/mol. The molecule has 0 heterocycles. The van der Waals surface area contributed by atoms with Gasteiger partial charge in [0.1, 0.15) is 0 Å². The largest absolute Gasteiger partial charge is 0.121 e. The molecule has 0 saturated carbocycles. The van der Waals surface area contributed by atoms with Gasteiger partial charge in [-0.25, -0.2) is 0 Å². The smallest absolute Gasteiger partial charge is 0.0132 e. The lowest BCUT2D eigenvalue weighted by molar-refractivity contribution is 0.590. The van der Waals surface area contributed by atoms with Gasteiger partial charge in [0, 0.05) is 0 Å². The first-order valence-electron chi connectivity index (χ1n) is 5.98. The zero-order chi connectivity index (χ0) is 12.3. The van der Waals surface area contributed by atoms with E-state index in [9.17, 15) is 0 Å². The van der Waals surface area contributed by atoms with Crippen LogP contribution in [0.15, 0.2) is 60.4 Å². The number of rotatable bonds is 1. The van der Waals surface area contributed by atoms with Gasteiger partial charge in [0.05, 0.1) is 0 Å². The van der Waals surface area contributed by atoms with E-state index in [1.165, 1.54) is 16.7 Å². The van der Waals surface area contributed by atoms with E-state index in [2.05, 4.69) is 62.9 Å². The van der Waals surface area contributed by atoms with Gasteiger partial charge in [-0.3, -0.25) is 0 Å². The first-order valence-corrected chi connectivity index (χ1v) is 5.98. The van der Waals surface area contributed by atoms with Gasteiger partial charge in [-0.1, -0.05) is 57.2 Å². The molecule has 0 spiro atoms. The Morgan fingerprint density at radius 2 is 1.88 bits per heavy atom. The summed E-state index contributed by atoms with van der Waals surface area (Å²) in [6.45, 7) is 6.72. The van der Waals surface area contributed by atoms with E-state index in [4.69, 9.17) is 0 Å². The molecular formula is C17H18. The fourth-order valence-electron chi connectivity index (χ4n) is 1.81. The van der Waals surface area contributed by atoms with E-state index in [1.807, 2.05) is 18.2 Å². The summed E-state index contributed by atoms with van der Waals surface area (Å²) in [6.07, 6.45) is 10.1. The molecule has 1 aromatic carbocycles. The van der Waals surface area contributed by atoms with Gasteiger partial charge in [0.15, 0.2) is 0 Å². The van der Waals surface area contributed by atoms with Gasteiger partial charge in [0.2, 0.25) is 0 Å². The molecule has 0 atom stereocenters. The molecule has 1 aliphatic rings. The predicted octanol–water partition coefficient (Wildman–Crippen LogP) is 4.65. The average Bonchev–Trinajstić information content (AvgIpc) is 2.56. The van der Waals surface area contributed by atoms with Crippen molar-refractivity contribution in [2.24, 2.45) is 0 Å². The first-order chi connectivity index (χ1) is 8.07. The quantitative estimate of drug-likeness (QED) is 0.607. The van der Waals surface area contributed by atoms with Crippen LogP contribution < -0.4 is 0 Å². The summed E-state index contributed by atoms with van der Waals surface area (Å²) in [4.78, 5) is 0. The third-order valence-corrected chi connectivity index (χ3v) is 2.89. The molecule has 0 N–H and O–H groups in total. The Balaban J connectivity index is 2.41. The highest BCUT2D eigenvalue weighted by Crippen LogP contribution is 2.26. The van der Waals surface area contributed by atoms with Crippen molar-refractivity contribution in [2.75, 3.05) is 0 Å². The summed E-state index contributed by atoms with van der Waals surface area (Å²) in [7, 11) is 0. The maximum absolute atomic E-state index is 3.08. The highest BCUT2D eigenvalue weighted by atomic mass is 14.2. The molecule has 0 fully saturated rings. The van der Waals surface area contributed by atoms with E-state index < -0.39 is 0 Å². The molecule has 17 heavy (non-hydrogen) atoms. The maximum Gasteiger partial charge on any atom is -0.0132 e. The maximum atomic E-state index is 3.08. The van der Waals surface area contributed by atoms with Crippen LogP contribution in [0, 0.1) is 0 Å². The highest BCUT2D eigenvalue weighted by Gasteiger charge is 2.13. The van der Waals surface area contributed by atoms with Crippen molar-refractivity contribution < 1.29 is 0 Å². The number of allylic oxidation sites excluding steroid dienone is 5. The highest BCUT2D eigenvalue weighted by molar-refractivity contribution is 5.76. The van der Waals surface area contributed by atoms with Crippen molar-refractivity contribution in [3.05, 3.63) is 71.5 Å². The monoisotopic (exact) mass is 222 g/mol. The minimum absolute atomic E-state index is 0.194. The zero-order valence-electron chi connectivity index (χ0n) is 10.7. The van der Waals surface area contributed by atoms with Crippen LogP contribution in [0.1, 0.15) is 31.9 Å². The Labute approximate surface area is 104 Å². The fraction of sp³-hybridized carbons (Fsp3) is 0.235. The van der Waals surface area contributed by atoms with Crippen molar-refractivity contribution in [3.63, 3.8) is 0 Å². The number of benzene rings is 1. The number of hydrogen-bond acceptors (Lipinski definition) is 0. The lowest BCUT2D eigenvalue weighted by atomic mass is 9.85. The molecule has 1 aliphatic carbocycles. The van der Waals surface area contributed by atoms with E-state index >= 15 is 0 Å². The van der Waals surface area contributed by atoms with Gasteiger partial charge in [0.25, 0.3) is 0 Å². The van der Waals surface area contributed by atoms with Crippen LogP contribution in [0.5, 0.6) is 0 Å². The topological polar surface area (TPSA) is 0 Å². The van der Waals surface area contributed by atoms with E-state index in [1.54, 1.807) is 0 Å². The summed E-state index contributed by atoms with van der Waals surface area (Å²) >= 11 is 0. The summed E-state index contributed by atoms with van der Waals surface area (Å²) in [6, 6.07) is 8.76. The van der Waals surface area contributed by atoms with Crippen molar-refractivity contribution in [1.82, 2.24) is 0 Å². The van der Waals surface area contributed by atoms with Crippen LogP contribution in [-0.4, -0.2) is 0 Å². The van der Waals surface area contributed by atoms with E-state index in [-0.39, 0.29) is 5.41 Å². The summed E-state index contributed by atoms with van der Waals surface area (Å²) in [5.41, 5.74) is 7.14. The Morgan fingerprint density at radius 3 is 2.65 bits per heavy atom. The third kappa shape index (κ3) is 2.87. The summed E-state index contributed by atoms with van der Waals surface area (Å²) < 4.78 is 0. The third-order valence-electron chi connectivity index (χ3n) is 2.89. The molecule has 2 rings (SSSR count). The first kappa shape index (κ1) is 11.7. The molecule has 0 bridgehead atoms. The molecule has 0 amide bonds. The second-order valence-corrected chi connectivity index (χ2v) is 5.31. The standard InChI is InChI=1S/C17H18/c1-17(2,3)16-12-8-11-15(13-16)14-9-6-4-5-7-10-14/h4,6-13H,1-3H3. The minimum atomic E-state index is 0.194. The van der Waals surface area contributed by atoms with Gasteiger partial charge in [-0.2, -0.15) is 0 Å². The Kier molecular flexibility index (Phi) is 3.17. The number of hydrogen-bond donors (Lipinski definition) is 0. The summed E-state index contributed by atoms with van der Waals surface area (Å²) in [5, 5.41) is 0. The Hall–Kier alpha value is -1.78. The molecule has 1 aromatic rings. The molecule has 0 nitrogen and oxygen atoms in total. The van der Waals surface area contributed by atoms with Gasteiger partial charge < -0.3 is 0 Å². The lowest BCUT2D eigenvalue weighted by Gasteiger charge is -2.20. The van der Waals surface area contributed by atoms with Crippen LogP contribution in [0.2, 0.25) is 0 Å². The molecule has 0 aromatic heterocycles. The molecule has 86 valence electrons. The van der Waals surface area contributed by atoms with Crippen molar-refractivity contribution in [3.8, 4) is 0 Å². The van der Waals surface area contributed by atoms with Gasteiger partial charge >= 0.3 is 0 Å². The minimum Gasteiger partial charge on any atom is -0.121 e. The van der Waals surface area contributed by atoms with Crippen molar-refractivity contribution >= 4 is 5.57 Å².